The zero-order valence-electron chi connectivity index (χ0n) is 29.1. The van der Waals surface area contributed by atoms with Crippen LogP contribution >= 0.6 is 0 Å². The fourth-order valence-electron chi connectivity index (χ4n) is 8.27. The minimum Gasteiger partial charge on any atom is -0.489 e. The molecule has 260 valence electrons. The number of carbonyl (C=O) groups is 3. The Hall–Kier alpha value is -6.47. The quantitative estimate of drug-likeness (QED) is 0.133. The molecule has 0 unspecified atom stereocenters. The summed E-state index contributed by atoms with van der Waals surface area (Å²) in [5.74, 6) is -0.525. The van der Waals surface area contributed by atoms with Crippen molar-refractivity contribution >= 4 is 46.1 Å². The minimum atomic E-state index is -0.752. The summed E-state index contributed by atoms with van der Waals surface area (Å²) in [5, 5.41) is 4.74. The van der Waals surface area contributed by atoms with Gasteiger partial charge in [0.2, 0.25) is 0 Å². The van der Waals surface area contributed by atoms with Crippen LogP contribution in [0.25, 0.3) is 16.8 Å². The van der Waals surface area contributed by atoms with Gasteiger partial charge in [-0.1, -0.05) is 115 Å². The van der Waals surface area contributed by atoms with E-state index in [9.17, 15) is 14.4 Å². The minimum absolute atomic E-state index is 0.0941. The van der Waals surface area contributed by atoms with Gasteiger partial charge in [-0.3, -0.25) is 14.9 Å². The first-order valence-corrected chi connectivity index (χ1v) is 18.2. The van der Waals surface area contributed by atoms with E-state index in [0.29, 0.717) is 23.6 Å². The number of imide groups is 2. The van der Waals surface area contributed by atoms with Crippen LogP contribution in [0.2, 0.25) is 0 Å². The molecule has 0 bridgehead atoms. The van der Waals surface area contributed by atoms with Crippen LogP contribution in [0.4, 0.5) is 16.2 Å². The fraction of sp³-hybridized carbons (Fsp3) is 0.152. The number of rotatable bonds is 7. The maximum Gasteiger partial charge on any atom is 0.335 e. The Balaban J connectivity index is 1.05. The van der Waals surface area contributed by atoms with Gasteiger partial charge in [0.05, 0.1) is 5.69 Å². The molecule has 53 heavy (non-hydrogen) atoms. The maximum absolute atomic E-state index is 14.3. The van der Waals surface area contributed by atoms with Crippen LogP contribution in [-0.2, 0) is 16.2 Å². The third-order valence-electron chi connectivity index (χ3n) is 10.8. The predicted molar refractivity (Wildman–Crippen MR) is 208 cm³/mol. The van der Waals surface area contributed by atoms with Crippen LogP contribution in [-0.4, -0.2) is 30.9 Å². The van der Waals surface area contributed by atoms with Gasteiger partial charge < -0.3 is 9.64 Å². The van der Waals surface area contributed by atoms with Crippen LogP contribution in [0.5, 0.6) is 5.75 Å². The number of hydrogen-bond acceptors (Lipinski definition) is 5. The van der Waals surface area contributed by atoms with Gasteiger partial charge in [-0.25, -0.2) is 9.69 Å². The van der Waals surface area contributed by atoms with Gasteiger partial charge in [-0.15, -0.1) is 0 Å². The summed E-state index contributed by atoms with van der Waals surface area (Å²) < 4.78 is 6.11. The molecule has 1 N–H and O–H groups in total. The summed E-state index contributed by atoms with van der Waals surface area (Å²) in [6.45, 7) is 2.26. The average molecular weight is 696 g/mol. The Morgan fingerprint density at radius 2 is 1.28 bits per heavy atom. The van der Waals surface area contributed by atoms with E-state index < -0.39 is 17.8 Å². The molecular formula is C46H37N3O4. The number of barbiturate groups is 1. The van der Waals surface area contributed by atoms with E-state index in [-0.39, 0.29) is 17.4 Å². The Kier molecular flexibility index (Phi) is 8.31. The second kappa shape index (κ2) is 13.6. The maximum atomic E-state index is 14.3. The lowest BCUT2D eigenvalue weighted by atomic mass is 9.76. The number of amides is 4. The highest BCUT2D eigenvalue weighted by Gasteiger charge is 2.40. The van der Waals surface area contributed by atoms with Crippen LogP contribution < -0.4 is 19.9 Å². The highest BCUT2D eigenvalue weighted by molar-refractivity contribution is 6.39. The molecule has 0 radical (unpaired) electrons. The van der Waals surface area contributed by atoms with E-state index in [2.05, 4.69) is 83.0 Å². The van der Waals surface area contributed by atoms with Crippen molar-refractivity contribution in [3.63, 3.8) is 0 Å². The van der Waals surface area contributed by atoms with Crippen molar-refractivity contribution in [3.8, 4) is 5.75 Å². The van der Waals surface area contributed by atoms with E-state index in [0.717, 1.165) is 58.3 Å². The normalized spacial score (nSPS) is 18.9. The number of hydrogen-bond donors (Lipinski definition) is 1. The molecule has 1 fully saturated rings. The lowest BCUT2D eigenvalue weighted by molar-refractivity contribution is -0.122. The number of anilines is 2. The van der Waals surface area contributed by atoms with Crippen molar-refractivity contribution in [2.45, 2.75) is 31.3 Å². The van der Waals surface area contributed by atoms with E-state index in [1.54, 1.807) is 12.1 Å². The largest absolute Gasteiger partial charge is 0.489 e. The molecule has 2 atom stereocenters. The first-order chi connectivity index (χ1) is 26.0. The molecule has 3 aliphatic heterocycles. The van der Waals surface area contributed by atoms with Crippen LogP contribution in [0.3, 0.4) is 0 Å². The molecule has 6 aromatic carbocycles. The highest BCUT2D eigenvalue weighted by atomic mass is 16.5. The van der Waals surface area contributed by atoms with E-state index in [4.69, 9.17) is 4.74 Å². The fourth-order valence-corrected chi connectivity index (χ4v) is 8.27. The van der Waals surface area contributed by atoms with Crippen LogP contribution in [0, 0.1) is 0 Å². The lowest BCUT2D eigenvalue weighted by Gasteiger charge is -2.44. The molecule has 3 heterocycles. The first-order valence-electron chi connectivity index (χ1n) is 18.2. The number of carbonyl (C=O) groups excluding carboxylic acids is 3. The molecule has 0 spiro atoms. The molecule has 7 nitrogen and oxygen atoms in total. The Labute approximate surface area is 308 Å². The molecule has 0 aliphatic carbocycles. The Morgan fingerprint density at radius 3 is 1.94 bits per heavy atom. The number of nitrogens with one attached hydrogen (secondary N) is 1. The molecule has 9 rings (SSSR count). The third kappa shape index (κ3) is 6.04. The van der Waals surface area contributed by atoms with Crippen molar-refractivity contribution < 1.29 is 19.1 Å². The number of benzene rings is 6. The third-order valence-corrected chi connectivity index (χ3v) is 10.8. The number of nitrogens with zero attached hydrogens (tertiary/aromatic N) is 2. The van der Waals surface area contributed by atoms with Gasteiger partial charge in [0, 0.05) is 30.6 Å². The number of fused-ring (bicyclic) bond motifs is 1. The van der Waals surface area contributed by atoms with Crippen molar-refractivity contribution in [2.75, 3.05) is 22.9 Å². The summed E-state index contributed by atoms with van der Waals surface area (Å²) in [7, 11) is 0. The van der Waals surface area contributed by atoms with E-state index in [1.165, 1.54) is 22.9 Å². The predicted octanol–water partition coefficient (Wildman–Crippen LogP) is 8.96. The Morgan fingerprint density at radius 1 is 0.679 bits per heavy atom. The van der Waals surface area contributed by atoms with Gasteiger partial charge >= 0.3 is 6.03 Å². The molecule has 0 saturated carbocycles. The Bertz CT molecular complexity index is 2330. The molecular weight excluding hydrogens is 659 g/mol. The van der Waals surface area contributed by atoms with Gasteiger partial charge in [-0.2, -0.15) is 0 Å². The van der Waals surface area contributed by atoms with E-state index in [1.807, 2.05) is 54.6 Å². The zero-order chi connectivity index (χ0) is 35.9. The molecule has 4 amide bonds. The van der Waals surface area contributed by atoms with Gasteiger partial charge in [-0.05, 0) is 87.3 Å². The molecule has 0 aromatic heterocycles. The monoisotopic (exact) mass is 695 g/mol. The second-order valence-corrected chi connectivity index (χ2v) is 13.9. The second-order valence-electron chi connectivity index (χ2n) is 13.9. The molecule has 6 aromatic rings. The summed E-state index contributed by atoms with van der Waals surface area (Å²) >= 11 is 0. The SMILES string of the molecule is O=C1NC(=O)N(c2cc3c4c(c2)[C@H](c2ccccc2)CCN4CC[C@@H]3c2ccccc2)C(=O)/C1=C/c1ccc(OCc2cccc3ccccc23)cc1. The van der Waals surface area contributed by atoms with Crippen molar-refractivity contribution in [1.82, 2.24) is 5.32 Å². The van der Waals surface area contributed by atoms with Crippen molar-refractivity contribution in [3.05, 3.63) is 178 Å². The van der Waals surface area contributed by atoms with Crippen LogP contribution in [0.1, 0.15) is 58.1 Å². The van der Waals surface area contributed by atoms with Gasteiger partial charge in [0.25, 0.3) is 11.8 Å². The standard InChI is InChI=1S/C46H37N3O4/c50-44-42(26-30-18-20-36(21-19-30)53-29-34-16-9-15-31-14-7-8-17-37(31)34)45(51)49(46(52)47-44)35-27-40-38(32-10-3-1-4-11-32)22-24-48-25-23-39(41(28-35)43(40)48)33-12-5-2-6-13-33/h1-21,26-28,38-39H,22-25,29H2,(H,47,50,52)/b42-26+/t38-,39+. The van der Waals surface area contributed by atoms with Gasteiger partial charge in [0.1, 0.15) is 17.9 Å². The summed E-state index contributed by atoms with van der Waals surface area (Å²) in [6, 6.07) is 45.7. The first kappa shape index (κ1) is 32.4. The topological polar surface area (TPSA) is 79.0 Å². The number of ether oxygens (including phenoxy) is 1. The average Bonchev–Trinajstić information content (AvgIpc) is 3.20. The molecule has 1 saturated heterocycles. The molecule has 3 aliphatic rings. The molecule has 7 heteroatoms. The van der Waals surface area contributed by atoms with Crippen molar-refractivity contribution in [2.24, 2.45) is 0 Å². The summed E-state index contributed by atoms with van der Waals surface area (Å²) in [6.07, 6.45) is 3.37. The number of urea groups is 1. The lowest BCUT2D eigenvalue weighted by Crippen LogP contribution is -2.54. The van der Waals surface area contributed by atoms with E-state index >= 15 is 0 Å². The van der Waals surface area contributed by atoms with Crippen LogP contribution in [0.15, 0.2) is 145 Å². The highest BCUT2D eigenvalue weighted by Crippen LogP contribution is 2.50. The summed E-state index contributed by atoms with van der Waals surface area (Å²) in [5.41, 5.74) is 7.84. The van der Waals surface area contributed by atoms with Gasteiger partial charge in [0.15, 0.2) is 0 Å². The summed E-state index contributed by atoms with van der Waals surface area (Å²) in [4.78, 5) is 44.7. The van der Waals surface area contributed by atoms with Crippen molar-refractivity contribution in [1.29, 1.82) is 0 Å². The zero-order valence-corrected chi connectivity index (χ0v) is 29.1. The smallest absolute Gasteiger partial charge is 0.335 e.